The van der Waals surface area contributed by atoms with Crippen molar-refractivity contribution in [3.05, 3.63) is 35.4 Å². The van der Waals surface area contributed by atoms with Gasteiger partial charge in [0.25, 0.3) is 0 Å². The van der Waals surface area contributed by atoms with E-state index in [9.17, 15) is 0 Å². The molecule has 2 heteroatoms. The molecule has 1 aliphatic carbocycles. The van der Waals surface area contributed by atoms with E-state index in [1.807, 2.05) is 0 Å². The highest BCUT2D eigenvalue weighted by Crippen LogP contribution is 2.37. The topological polar surface area (TPSA) is 15.3 Å². The van der Waals surface area contributed by atoms with Crippen LogP contribution >= 0.6 is 0 Å². The summed E-state index contributed by atoms with van der Waals surface area (Å²) in [7, 11) is 0. The summed E-state index contributed by atoms with van der Waals surface area (Å²) in [6, 6.07) is 9.76. The first kappa shape index (κ1) is 15.1. The lowest BCUT2D eigenvalue weighted by Crippen LogP contribution is -2.64. The maximum Gasteiger partial charge on any atom is 0.0333 e. The molecule has 0 aromatic heterocycles. The molecule has 3 rings (SSSR count). The minimum atomic E-state index is 0.342. The van der Waals surface area contributed by atoms with Crippen LogP contribution < -0.4 is 5.32 Å². The summed E-state index contributed by atoms with van der Waals surface area (Å²) in [5.41, 5.74) is 3.19. The highest BCUT2D eigenvalue weighted by atomic mass is 15.3. The molecule has 1 atom stereocenters. The lowest BCUT2D eigenvalue weighted by molar-refractivity contribution is 0.0202. The first-order chi connectivity index (χ1) is 10.2. The van der Waals surface area contributed by atoms with E-state index in [4.69, 9.17) is 0 Å². The number of piperazine rings is 1. The van der Waals surface area contributed by atoms with Gasteiger partial charge in [0, 0.05) is 31.2 Å². The second-order valence-corrected chi connectivity index (χ2v) is 7.13. The number of hydrogen-bond donors (Lipinski definition) is 1. The third-order valence-electron chi connectivity index (χ3n) is 5.74. The number of benzene rings is 1. The summed E-state index contributed by atoms with van der Waals surface area (Å²) in [6.45, 7) is 10.4. The third kappa shape index (κ3) is 3.17. The van der Waals surface area contributed by atoms with E-state index in [-0.39, 0.29) is 0 Å². The Morgan fingerprint density at radius 3 is 2.62 bits per heavy atom. The molecule has 1 unspecified atom stereocenters. The lowest BCUT2D eigenvalue weighted by Gasteiger charge is -2.50. The van der Waals surface area contributed by atoms with Crippen molar-refractivity contribution in [2.24, 2.45) is 5.92 Å². The molecule has 0 spiro atoms. The molecule has 21 heavy (non-hydrogen) atoms. The zero-order chi connectivity index (χ0) is 14.9. The molecule has 1 aromatic carbocycles. The van der Waals surface area contributed by atoms with E-state index in [0.29, 0.717) is 5.54 Å². The minimum absolute atomic E-state index is 0.342. The van der Waals surface area contributed by atoms with E-state index in [2.05, 4.69) is 55.3 Å². The molecule has 1 saturated carbocycles. The van der Waals surface area contributed by atoms with Crippen LogP contribution in [0.4, 0.5) is 0 Å². The fraction of sp³-hybridized carbons (Fsp3) is 0.684. The van der Waals surface area contributed by atoms with Gasteiger partial charge in [-0.3, -0.25) is 4.90 Å². The van der Waals surface area contributed by atoms with Crippen LogP contribution in [0.1, 0.15) is 50.7 Å². The molecule has 2 fully saturated rings. The zero-order valence-corrected chi connectivity index (χ0v) is 13.9. The van der Waals surface area contributed by atoms with E-state index < -0.39 is 0 Å². The number of hydrogen-bond acceptors (Lipinski definition) is 2. The third-order valence-corrected chi connectivity index (χ3v) is 5.74. The summed E-state index contributed by atoms with van der Waals surface area (Å²) >= 11 is 0. The monoisotopic (exact) mass is 286 g/mol. The molecule has 1 aliphatic heterocycles. The Kier molecular flexibility index (Phi) is 4.37. The molecule has 2 aliphatic rings. The van der Waals surface area contributed by atoms with E-state index >= 15 is 0 Å². The van der Waals surface area contributed by atoms with Crippen molar-refractivity contribution in [3.63, 3.8) is 0 Å². The van der Waals surface area contributed by atoms with Crippen molar-refractivity contribution in [3.8, 4) is 0 Å². The van der Waals surface area contributed by atoms with Gasteiger partial charge in [0.05, 0.1) is 0 Å². The van der Waals surface area contributed by atoms with Crippen LogP contribution in [-0.2, 0) is 6.54 Å². The Balaban J connectivity index is 1.78. The Hall–Kier alpha value is -0.860. The van der Waals surface area contributed by atoms with Crippen LogP contribution in [0.15, 0.2) is 24.3 Å². The molecule has 1 saturated heterocycles. The van der Waals surface area contributed by atoms with Crippen LogP contribution in [0.25, 0.3) is 0 Å². The minimum Gasteiger partial charge on any atom is -0.311 e. The first-order valence-electron chi connectivity index (χ1n) is 8.71. The summed E-state index contributed by atoms with van der Waals surface area (Å²) in [5.74, 6) is 0.941. The highest BCUT2D eigenvalue weighted by molar-refractivity contribution is 5.22. The number of nitrogens with zero attached hydrogens (tertiary/aromatic N) is 1. The summed E-state index contributed by atoms with van der Waals surface area (Å²) < 4.78 is 0. The van der Waals surface area contributed by atoms with Crippen molar-refractivity contribution in [2.75, 3.05) is 13.1 Å². The van der Waals surface area contributed by atoms with Gasteiger partial charge in [-0.15, -0.1) is 0 Å². The average Bonchev–Trinajstić information content (AvgIpc) is 3.32. The van der Waals surface area contributed by atoms with Gasteiger partial charge >= 0.3 is 0 Å². The molecule has 0 radical (unpaired) electrons. The van der Waals surface area contributed by atoms with Gasteiger partial charge in [0.2, 0.25) is 0 Å². The van der Waals surface area contributed by atoms with Crippen molar-refractivity contribution >= 4 is 0 Å². The Morgan fingerprint density at radius 2 is 2.00 bits per heavy atom. The number of aryl methyl sites for hydroxylation is 1. The number of rotatable bonds is 5. The van der Waals surface area contributed by atoms with Crippen LogP contribution in [-0.4, -0.2) is 29.6 Å². The molecule has 1 heterocycles. The van der Waals surface area contributed by atoms with Gasteiger partial charge in [0.1, 0.15) is 0 Å². The smallest absolute Gasteiger partial charge is 0.0333 e. The van der Waals surface area contributed by atoms with Crippen molar-refractivity contribution < 1.29 is 0 Å². The average molecular weight is 286 g/mol. The van der Waals surface area contributed by atoms with Gasteiger partial charge in [-0.05, 0) is 44.1 Å². The summed E-state index contributed by atoms with van der Waals surface area (Å²) in [6.07, 6.45) is 5.34. The predicted molar refractivity (Wildman–Crippen MR) is 89.4 cm³/mol. The molecule has 0 bridgehead atoms. The fourth-order valence-corrected chi connectivity index (χ4v) is 3.95. The van der Waals surface area contributed by atoms with Crippen molar-refractivity contribution in [1.29, 1.82) is 0 Å². The van der Waals surface area contributed by atoms with Gasteiger partial charge in [-0.2, -0.15) is 0 Å². The second kappa shape index (κ2) is 6.10. The summed E-state index contributed by atoms with van der Waals surface area (Å²) in [5, 5.41) is 3.86. The molecule has 1 aromatic rings. The fourth-order valence-electron chi connectivity index (χ4n) is 3.95. The van der Waals surface area contributed by atoms with Gasteiger partial charge in [-0.1, -0.05) is 43.7 Å². The van der Waals surface area contributed by atoms with Crippen LogP contribution in [0.5, 0.6) is 0 Å². The standard InChI is InChI=1S/C19H30N2/c1-4-19(5-2)14-20-18(17-9-10-17)13-21(19)12-16-8-6-7-15(3)11-16/h6-8,11,17-18,20H,4-5,9-10,12-14H2,1-3H3. The predicted octanol–water partition coefficient (Wildman–Crippen LogP) is 3.74. The number of nitrogens with one attached hydrogen (secondary N) is 1. The Labute approximate surface area is 129 Å². The molecule has 1 N–H and O–H groups in total. The normalized spacial score (nSPS) is 26.0. The van der Waals surface area contributed by atoms with E-state index in [1.165, 1.54) is 43.4 Å². The SMILES string of the molecule is CCC1(CC)CNC(C2CC2)CN1Cc1cccc(C)c1. The van der Waals surface area contributed by atoms with Gasteiger partial charge in [0.15, 0.2) is 0 Å². The largest absolute Gasteiger partial charge is 0.311 e. The molecular formula is C19H30N2. The zero-order valence-electron chi connectivity index (χ0n) is 13.9. The van der Waals surface area contributed by atoms with Crippen LogP contribution in [0, 0.1) is 12.8 Å². The first-order valence-corrected chi connectivity index (χ1v) is 8.71. The Morgan fingerprint density at radius 1 is 1.24 bits per heavy atom. The Bertz CT molecular complexity index is 474. The molecule has 2 nitrogen and oxygen atoms in total. The highest BCUT2D eigenvalue weighted by Gasteiger charge is 2.43. The van der Waals surface area contributed by atoms with Gasteiger partial charge < -0.3 is 5.32 Å². The van der Waals surface area contributed by atoms with E-state index in [0.717, 1.165) is 25.0 Å². The van der Waals surface area contributed by atoms with E-state index in [1.54, 1.807) is 0 Å². The second-order valence-electron chi connectivity index (χ2n) is 7.13. The maximum absolute atomic E-state index is 3.86. The molecular weight excluding hydrogens is 256 g/mol. The maximum atomic E-state index is 3.86. The molecule has 116 valence electrons. The quantitative estimate of drug-likeness (QED) is 0.887. The van der Waals surface area contributed by atoms with Crippen molar-refractivity contribution in [1.82, 2.24) is 10.2 Å². The van der Waals surface area contributed by atoms with Crippen LogP contribution in [0.2, 0.25) is 0 Å². The van der Waals surface area contributed by atoms with Gasteiger partial charge in [-0.25, -0.2) is 0 Å². The summed E-state index contributed by atoms with van der Waals surface area (Å²) in [4.78, 5) is 2.78. The van der Waals surface area contributed by atoms with Crippen LogP contribution in [0.3, 0.4) is 0 Å². The van der Waals surface area contributed by atoms with Crippen molar-refractivity contribution in [2.45, 2.75) is 64.6 Å². The molecule has 0 amide bonds. The lowest BCUT2D eigenvalue weighted by atomic mass is 9.86.